The third-order valence-electron chi connectivity index (χ3n) is 7.95. The Bertz CT molecular complexity index is 1190. The van der Waals surface area contributed by atoms with E-state index in [0.29, 0.717) is 5.56 Å². The molecule has 3 aliphatic rings. The SMILES string of the molecule is Cn1cc2ccc(C(=O)N[C@H]3CC[C@H](CCN4CCc5sc(C6CCCO6)nc5C4)CC3)cc2n1. The van der Waals surface area contributed by atoms with Crippen molar-refractivity contribution in [1.82, 2.24) is 25.0 Å². The normalized spacial score (nSPS) is 25.1. The number of aromatic nitrogens is 3. The van der Waals surface area contributed by atoms with Crippen LogP contribution in [-0.4, -0.2) is 51.3 Å². The van der Waals surface area contributed by atoms with E-state index in [0.717, 1.165) is 75.2 Å². The van der Waals surface area contributed by atoms with Gasteiger partial charge in [0.25, 0.3) is 5.91 Å². The smallest absolute Gasteiger partial charge is 0.251 e. The maximum Gasteiger partial charge on any atom is 0.251 e. The van der Waals surface area contributed by atoms with Gasteiger partial charge in [-0.15, -0.1) is 11.3 Å². The van der Waals surface area contributed by atoms with Gasteiger partial charge in [-0.05, 0) is 76.0 Å². The third kappa shape index (κ3) is 5.15. The van der Waals surface area contributed by atoms with E-state index in [9.17, 15) is 4.79 Å². The molecule has 8 heteroatoms. The number of thiazole rings is 1. The van der Waals surface area contributed by atoms with E-state index in [-0.39, 0.29) is 18.1 Å². The molecular formula is C27H35N5O2S. The topological polar surface area (TPSA) is 72.3 Å². The minimum absolute atomic E-state index is 0.0239. The van der Waals surface area contributed by atoms with Crippen LogP contribution in [0.5, 0.6) is 0 Å². The Morgan fingerprint density at radius 3 is 2.94 bits per heavy atom. The quantitative estimate of drug-likeness (QED) is 0.543. The lowest BCUT2D eigenvalue weighted by atomic mass is 9.84. The number of amides is 1. The molecule has 1 saturated carbocycles. The Balaban J connectivity index is 0.952. The van der Waals surface area contributed by atoms with Gasteiger partial charge in [0.05, 0.1) is 11.2 Å². The third-order valence-corrected chi connectivity index (χ3v) is 9.20. The van der Waals surface area contributed by atoms with Crippen LogP contribution in [-0.2, 0) is 24.8 Å². The maximum absolute atomic E-state index is 12.8. The summed E-state index contributed by atoms with van der Waals surface area (Å²) in [4.78, 5) is 21.8. The number of aryl methyl sites for hydroxylation is 1. The van der Waals surface area contributed by atoms with Crippen LogP contribution in [0.4, 0.5) is 0 Å². The van der Waals surface area contributed by atoms with Crippen molar-refractivity contribution in [2.75, 3.05) is 19.7 Å². The first-order valence-electron chi connectivity index (χ1n) is 13.2. The molecule has 2 fully saturated rings. The van der Waals surface area contributed by atoms with Crippen LogP contribution >= 0.6 is 11.3 Å². The highest BCUT2D eigenvalue weighted by atomic mass is 32.1. The molecule has 1 aromatic carbocycles. The lowest BCUT2D eigenvalue weighted by molar-refractivity contribution is 0.0919. The van der Waals surface area contributed by atoms with E-state index in [1.165, 1.54) is 34.8 Å². The molecule has 1 N–H and O–H groups in total. The first-order chi connectivity index (χ1) is 17.1. The molecule has 2 aliphatic heterocycles. The van der Waals surface area contributed by atoms with Gasteiger partial charge in [0.15, 0.2) is 0 Å². The van der Waals surface area contributed by atoms with Crippen molar-refractivity contribution >= 4 is 28.1 Å². The van der Waals surface area contributed by atoms with Crippen LogP contribution in [0.2, 0.25) is 0 Å². The Labute approximate surface area is 210 Å². The minimum Gasteiger partial charge on any atom is -0.371 e. The van der Waals surface area contributed by atoms with Gasteiger partial charge in [-0.25, -0.2) is 4.98 Å². The van der Waals surface area contributed by atoms with Gasteiger partial charge in [0.2, 0.25) is 0 Å². The lowest BCUT2D eigenvalue weighted by Gasteiger charge is -2.32. The second-order valence-corrected chi connectivity index (χ2v) is 11.6. The van der Waals surface area contributed by atoms with Crippen molar-refractivity contribution in [2.45, 2.75) is 70.1 Å². The van der Waals surface area contributed by atoms with E-state index >= 15 is 0 Å². The van der Waals surface area contributed by atoms with Crippen LogP contribution in [0.15, 0.2) is 24.4 Å². The number of carbonyl (C=O) groups is 1. The van der Waals surface area contributed by atoms with Crippen molar-refractivity contribution in [3.05, 3.63) is 45.5 Å². The average molecular weight is 494 g/mol. The molecule has 1 amide bonds. The molecule has 6 rings (SSSR count). The van der Waals surface area contributed by atoms with Crippen LogP contribution in [0.3, 0.4) is 0 Å². The van der Waals surface area contributed by atoms with E-state index < -0.39 is 0 Å². The summed E-state index contributed by atoms with van der Waals surface area (Å²) in [5.74, 6) is 0.781. The minimum atomic E-state index is 0.0239. The highest BCUT2D eigenvalue weighted by Gasteiger charge is 2.28. The zero-order valence-corrected chi connectivity index (χ0v) is 21.4. The lowest BCUT2D eigenvalue weighted by Crippen LogP contribution is -2.38. The van der Waals surface area contributed by atoms with Crippen molar-refractivity contribution in [2.24, 2.45) is 13.0 Å². The molecule has 186 valence electrons. The zero-order chi connectivity index (χ0) is 23.8. The second-order valence-electron chi connectivity index (χ2n) is 10.5. The molecule has 4 heterocycles. The Hall–Kier alpha value is -2.29. The van der Waals surface area contributed by atoms with Crippen LogP contribution in [0, 0.1) is 5.92 Å². The van der Waals surface area contributed by atoms with E-state index in [1.807, 2.05) is 42.8 Å². The highest BCUT2D eigenvalue weighted by Crippen LogP contribution is 2.35. The van der Waals surface area contributed by atoms with Crippen LogP contribution in [0.25, 0.3) is 10.9 Å². The summed E-state index contributed by atoms with van der Waals surface area (Å²) >= 11 is 1.88. The predicted molar refractivity (Wildman–Crippen MR) is 138 cm³/mol. The van der Waals surface area contributed by atoms with Crippen LogP contribution in [0.1, 0.15) is 77.0 Å². The second kappa shape index (κ2) is 9.99. The number of carbonyl (C=O) groups excluding carboxylic acids is 1. The predicted octanol–water partition coefficient (Wildman–Crippen LogP) is 4.62. The van der Waals surface area contributed by atoms with Gasteiger partial charge < -0.3 is 10.1 Å². The van der Waals surface area contributed by atoms with E-state index in [1.54, 1.807) is 4.68 Å². The molecule has 1 atom stereocenters. The van der Waals surface area contributed by atoms with Gasteiger partial charge in [-0.3, -0.25) is 14.4 Å². The molecule has 3 aromatic rings. The molecule has 1 unspecified atom stereocenters. The molecule has 0 radical (unpaired) electrons. The molecule has 7 nitrogen and oxygen atoms in total. The van der Waals surface area contributed by atoms with Crippen molar-refractivity contribution in [3.8, 4) is 0 Å². The molecule has 0 spiro atoms. The van der Waals surface area contributed by atoms with Gasteiger partial charge in [-0.1, -0.05) is 6.07 Å². The summed E-state index contributed by atoms with van der Waals surface area (Å²) in [6.45, 7) is 4.17. The number of fused-ring (bicyclic) bond motifs is 2. The molecule has 1 saturated heterocycles. The molecular weight excluding hydrogens is 458 g/mol. The summed E-state index contributed by atoms with van der Waals surface area (Å²) in [6.07, 6.45) is 11.4. The monoisotopic (exact) mass is 493 g/mol. The van der Waals surface area contributed by atoms with Gasteiger partial charge in [-0.2, -0.15) is 5.10 Å². The molecule has 1 aliphatic carbocycles. The number of benzene rings is 1. The number of hydrogen-bond acceptors (Lipinski definition) is 6. The fourth-order valence-electron chi connectivity index (χ4n) is 5.88. The maximum atomic E-state index is 12.8. The Morgan fingerprint density at radius 2 is 2.11 bits per heavy atom. The summed E-state index contributed by atoms with van der Waals surface area (Å²) in [5.41, 5.74) is 2.86. The number of nitrogens with zero attached hydrogens (tertiary/aromatic N) is 4. The fourth-order valence-corrected chi connectivity index (χ4v) is 7.03. The van der Waals surface area contributed by atoms with Crippen molar-refractivity contribution in [1.29, 1.82) is 0 Å². The summed E-state index contributed by atoms with van der Waals surface area (Å²) in [5, 5.41) is 9.96. The molecule has 2 aromatic heterocycles. The molecule has 35 heavy (non-hydrogen) atoms. The largest absolute Gasteiger partial charge is 0.371 e. The average Bonchev–Trinajstić information content (AvgIpc) is 3.61. The first-order valence-corrected chi connectivity index (χ1v) is 14.0. The highest BCUT2D eigenvalue weighted by molar-refractivity contribution is 7.11. The summed E-state index contributed by atoms with van der Waals surface area (Å²) < 4.78 is 7.64. The molecule has 0 bridgehead atoms. The number of hydrogen-bond donors (Lipinski definition) is 1. The van der Waals surface area contributed by atoms with Crippen molar-refractivity contribution < 1.29 is 9.53 Å². The Morgan fingerprint density at radius 1 is 1.23 bits per heavy atom. The van der Waals surface area contributed by atoms with E-state index in [2.05, 4.69) is 15.3 Å². The number of ether oxygens (including phenoxy) is 1. The van der Waals surface area contributed by atoms with Gasteiger partial charge in [0, 0.05) is 54.8 Å². The summed E-state index contributed by atoms with van der Waals surface area (Å²) in [7, 11) is 1.90. The van der Waals surface area contributed by atoms with Crippen LogP contribution < -0.4 is 5.32 Å². The standard InChI is InChI=1S/C27H35N5O2S/c1-31-16-20-7-6-19(15-22(20)30-31)26(33)28-21-8-4-18(5-9-21)10-12-32-13-11-25-23(17-32)29-27(35-25)24-3-2-14-34-24/h6-7,15-16,18,21,24H,2-5,8-14,17H2,1H3,(H,28,33)/t18-,21-,24?. The number of nitrogens with one attached hydrogen (secondary N) is 1. The van der Waals surface area contributed by atoms with E-state index in [4.69, 9.17) is 9.72 Å². The van der Waals surface area contributed by atoms with Gasteiger partial charge >= 0.3 is 0 Å². The Kier molecular flexibility index (Phi) is 6.60. The fraction of sp³-hybridized carbons (Fsp3) is 0.593. The summed E-state index contributed by atoms with van der Waals surface area (Å²) in [6, 6.07) is 6.06. The van der Waals surface area contributed by atoms with Gasteiger partial charge in [0.1, 0.15) is 11.1 Å². The number of rotatable bonds is 6. The zero-order valence-electron chi connectivity index (χ0n) is 20.5. The first kappa shape index (κ1) is 23.1. The van der Waals surface area contributed by atoms with Crippen molar-refractivity contribution in [3.63, 3.8) is 0 Å².